The highest BCUT2D eigenvalue weighted by molar-refractivity contribution is 6.69. The van der Waals surface area contributed by atoms with Crippen LogP contribution in [0.1, 0.15) is 29.3 Å². The maximum Gasteiger partial charge on any atom is 0.184 e. The third-order valence-electron chi connectivity index (χ3n) is 3.51. The van der Waals surface area contributed by atoms with Crippen molar-refractivity contribution in [1.29, 1.82) is 0 Å². The molecule has 1 unspecified atom stereocenters. The summed E-state index contributed by atoms with van der Waals surface area (Å²) in [6.07, 6.45) is 0.352. The third-order valence-corrected chi connectivity index (χ3v) is 4.57. The van der Waals surface area contributed by atoms with Gasteiger partial charge in [-0.1, -0.05) is 60.7 Å². The molecule has 2 aromatic carbocycles. The second-order valence-corrected chi connectivity index (χ2v) is 11.2. The molecule has 0 amide bonds. The van der Waals surface area contributed by atoms with Crippen LogP contribution < -0.4 is 0 Å². The number of carbonyl (C=O) groups excluding carboxylic acids is 1. The van der Waals surface area contributed by atoms with Crippen LogP contribution in [0.5, 0.6) is 0 Å². The Morgan fingerprint density at radius 3 is 1.95 bits per heavy atom. The molecule has 2 nitrogen and oxygen atoms in total. The molecule has 0 saturated heterocycles. The number of carbonyl (C=O) groups is 1. The number of Topliss-reactive ketones (excluding diaryl/α,β-unsaturated/α-hetero) is 1. The first kappa shape index (κ1) is 16.7. The van der Waals surface area contributed by atoms with Crippen LogP contribution in [-0.2, 0) is 10.0 Å². The number of hydrogen-bond acceptors (Lipinski definition) is 2. The minimum atomic E-state index is -1.80. The molecule has 116 valence electrons. The molecule has 0 N–H and O–H groups in total. The molecule has 2 aromatic rings. The Labute approximate surface area is 134 Å². The van der Waals surface area contributed by atoms with E-state index in [2.05, 4.69) is 19.6 Å². The monoisotopic (exact) mass is 312 g/mol. The summed E-state index contributed by atoms with van der Waals surface area (Å²) in [6.45, 7) is 8.49. The lowest BCUT2D eigenvalue weighted by atomic mass is 9.89. The number of ketones is 1. The van der Waals surface area contributed by atoms with Gasteiger partial charge in [-0.3, -0.25) is 4.79 Å². The zero-order valence-electron chi connectivity index (χ0n) is 13.8. The minimum Gasteiger partial charge on any atom is -0.408 e. The second-order valence-electron chi connectivity index (χ2n) is 6.78. The maximum absolute atomic E-state index is 12.7. The molecule has 3 heteroatoms. The molecule has 0 aromatic heterocycles. The molecule has 0 saturated carbocycles. The summed E-state index contributed by atoms with van der Waals surface area (Å²) in [7, 11) is -1.80. The Balaban J connectivity index is 2.31. The van der Waals surface area contributed by atoms with E-state index in [1.54, 1.807) is 0 Å². The second kappa shape index (κ2) is 6.59. The van der Waals surface area contributed by atoms with Crippen LogP contribution in [0.2, 0.25) is 19.6 Å². The molecule has 0 aliphatic carbocycles. The Bertz CT molecular complexity index is 617. The average Bonchev–Trinajstić information content (AvgIpc) is 2.47. The lowest BCUT2D eigenvalue weighted by Crippen LogP contribution is -2.40. The van der Waals surface area contributed by atoms with E-state index in [4.69, 9.17) is 4.43 Å². The average molecular weight is 312 g/mol. The quantitative estimate of drug-likeness (QED) is 0.552. The molecule has 0 spiro atoms. The van der Waals surface area contributed by atoms with Gasteiger partial charge < -0.3 is 4.43 Å². The van der Waals surface area contributed by atoms with Gasteiger partial charge in [-0.2, -0.15) is 0 Å². The van der Waals surface area contributed by atoms with Gasteiger partial charge in [-0.15, -0.1) is 0 Å². The van der Waals surface area contributed by atoms with E-state index >= 15 is 0 Å². The van der Waals surface area contributed by atoms with Gasteiger partial charge in [0.2, 0.25) is 0 Å². The minimum absolute atomic E-state index is 0.116. The van der Waals surface area contributed by atoms with Crippen molar-refractivity contribution in [1.82, 2.24) is 0 Å². The topological polar surface area (TPSA) is 26.3 Å². The van der Waals surface area contributed by atoms with E-state index in [0.29, 0.717) is 6.42 Å². The van der Waals surface area contributed by atoms with Crippen molar-refractivity contribution in [2.24, 2.45) is 0 Å². The van der Waals surface area contributed by atoms with Crippen LogP contribution in [0.25, 0.3) is 0 Å². The standard InChI is InChI=1S/C19H24O2Si/c1-19(21-22(2,3)4,17-13-9-6-10-14-17)15-18(20)16-11-7-5-8-12-16/h5-14H,15H2,1-4H3. The highest BCUT2D eigenvalue weighted by Crippen LogP contribution is 2.33. The lowest BCUT2D eigenvalue weighted by Gasteiger charge is -2.36. The van der Waals surface area contributed by atoms with Crippen molar-refractivity contribution in [2.75, 3.05) is 0 Å². The van der Waals surface area contributed by atoms with Crippen molar-refractivity contribution in [2.45, 2.75) is 38.6 Å². The maximum atomic E-state index is 12.7. The van der Waals surface area contributed by atoms with Crippen LogP contribution in [0.3, 0.4) is 0 Å². The van der Waals surface area contributed by atoms with Crippen LogP contribution in [0, 0.1) is 0 Å². The fourth-order valence-corrected chi connectivity index (χ4v) is 4.24. The summed E-state index contributed by atoms with van der Waals surface area (Å²) in [4.78, 5) is 12.7. The number of hydrogen-bond donors (Lipinski definition) is 0. The van der Waals surface area contributed by atoms with Gasteiger partial charge in [0.15, 0.2) is 14.1 Å². The van der Waals surface area contributed by atoms with Gasteiger partial charge >= 0.3 is 0 Å². The number of benzene rings is 2. The summed E-state index contributed by atoms with van der Waals surface area (Å²) >= 11 is 0. The van der Waals surface area contributed by atoms with Crippen LogP contribution in [0.4, 0.5) is 0 Å². The highest BCUT2D eigenvalue weighted by Gasteiger charge is 2.35. The normalized spacial score (nSPS) is 14.4. The van der Waals surface area contributed by atoms with Crippen molar-refractivity contribution < 1.29 is 9.22 Å². The van der Waals surface area contributed by atoms with Crippen molar-refractivity contribution in [3.8, 4) is 0 Å². The van der Waals surface area contributed by atoms with Gasteiger partial charge in [-0.25, -0.2) is 0 Å². The van der Waals surface area contributed by atoms with Crippen molar-refractivity contribution in [3.63, 3.8) is 0 Å². The predicted molar refractivity (Wildman–Crippen MR) is 93.6 cm³/mol. The summed E-state index contributed by atoms with van der Waals surface area (Å²) < 4.78 is 6.42. The predicted octanol–water partition coefficient (Wildman–Crippen LogP) is 5.03. The van der Waals surface area contributed by atoms with Crippen LogP contribution in [0.15, 0.2) is 60.7 Å². The summed E-state index contributed by atoms with van der Waals surface area (Å²) in [5.41, 5.74) is 1.21. The molecule has 0 heterocycles. The van der Waals surface area contributed by atoms with Gasteiger partial charge in [-0.05, 0) is 32.1 Å². The molecule has 1 atom stereocenters. The zero-order valence-corrected chi connectivity index (χ0v) is 14.8. The van der Waals surface area contributed by atoms with E-state index in [0.717, 1.165) is 11.1 Å². The molecule has 0 radical (unpaired) electrons. The lowest BCUT2D eigenvalue weighted by molar-refractivity contribution is 0.0569. The van der Waals surface area contributed by atoms with E-state index in [1.807, 2.05) is 67.6 Å². The highest BCUT2D eigenvalue weighted by atomic mass is 28.4. The SMILES string of the molecule is CC(CC(=O)c1ccccc1)(O[Si](C)(C)C)c1ccccc1. The first-order chi connectivity index (χ1) is 10.3. The number of rotatable bonds is 6. The zero-order chi connectivity index (χ0) is 16.2. The summed E-state index contributed by atoms with van der Waals surface area (Å²) in [5, 5.41) is 0. The first-order valence-electron chi connectivity index (χ1n) is 7.64. The van der Waals surface area contributed by atoms with Crippen molar-refractivity contribution in [3.05, 3.63) is 71.8 Å². The van der Waals surface area contributed by atoms with Gasteiger partial charge in [0.05, 0.1) is 5.60 Å². The van der Waals surface area contributed by atoms with Crippen LogP contribution in [-0.4, -0.2) is 14.1 Å². The van der Waals surface area contributed by atoms with E-state index in [1.165, 1.54) is 0 Å². The Hall–Kier alpha value is -1.71. The summed E-state index contributed by atoms with van der Waals surface area (Å²) in [5.74, 6) is 0.116. The molecule has 0 aliphatic heterocycles. The third kappa shape index (κ3) is 4.39. The summed E-state index contributed by atoms with van der Waals surface area (Å²) in [6, 6.07) is 19.5. The van der Waals surface area contributed by atoms with E-state index in [9.17, 15) is 4.79 Å². The Kier molecular flexibility index (Phi) is 4.99. The molecule has 22 heavy (non-hydrogen) atoms. The van der Waals surface area contributed by atoms with Gasteiger partial charge in [0.1, 0.15) is 0 Å². The molecule has 0 aliphatic rings. The largest absolute Gasteiger partial charge is 0.408 e. The van der Waals surface area contributed by atoms with Crippen LogP contribution >= 0.6 is 0 Å². The first-order valence-corrected chi connectivity index (χ1v) is 11.0. The molecule has 0 fully saturated rings. The molecular formula is C19H24O2Si. The van der Waals surface area contributed by atoms with E-state index in [-0.39, 0.29) is 5.78 Å². The van der Waals surface area contributed by atoms with Crippen molar-refractivity contribution >= 4 is 14.1 Å². The molecular weight excluding hydrogens is 288 g/mol. The Morgan fingerprint density at radius 1 is 0.955 bits per heavy atom. The fourth-order valence-electron chi connectivity index (χ4n) is 2.70. The molecule has 0 bridgehead atoms. The fraction of sp³-hybridized carbons (Fsp3) is 0.316. The molecule has 2 rings (SSSR count). The van der Waals surface area contributed by atoms with Gasteiger partial charge in [0.25, 0.3) is 0 Å². The smallest absolute Gasteiger partial charge is 0.184 e. The Morgan fingerprint density at radius 2 is 1.45 bits per heavy atom. The van der Waals surface area contributed by atoms with E-state index < -0.39 is 13.9 Å². The van der Waals surface area contributed by atoms with Gasteiger partial charge in [0, 0.05) is 12.0 Å².